The van der Waals surface area contributed by atoms with Crippen LogP contribution >= 0.6 is 31.9 Å². The Bertz CT molecular complexity index is 938. The minimum Gasteiger partial charge on any atom is -0.455 e. The van der Waals surface area contributed by atoms with Crippen molar-refractivity contribution >= 4 is 42.9 Å². The summed E-state index contributed by atoms with van der Waals surface area (Å²) < 4.78 is 10.4. The highest BCUT2D eigenvalue weighted by Crippen LogP contribution is 2.38. The maximum atomic E-state index is 6.19. The summed E-state index contributed by atoms with van der Waals surface area (Å²) >= 11 is 7.14. The molecule has 0 bridgehead atoms. The summed E-state index contributed by atoms with van der Waals surface area (Å²) in [5, 5.41) is 0. The van der Waals surface area contributed by atoms with Gasteiger partial charge in [-0.1, -0.05) is 31.7 Å². The molecule has 0 aliphatic heterocycles. The minimum absolute atomic E-state index is 0.372. The van der Waals surface area contributed by atoms with E-state index in [2.05, 4.69) is 62.4 Å². The maximum Gasteiger partial charge on any atom is 0.155 e. The Hall–Kier alpha value is -1.33. The molecule has 3 nitrogen and oxygen atoms in total. The van der Waals surface area contributed by atoms with Crippen LogP contribution in [0.2, 0.25) is 0 Å². The second kappa shape index (κ2) is 7.96. The number of hydrogen-bond acceptors (Lipinski definition) is 2. The van der Waals surface area contributed by atoms with Gasteiger partial charge in [0.2, 0.25) is 0 Å². The Morgan fingerprint density at radius 3 is 2.48 bits per heavy atom. The van der Waals surface area contributed by atoms with Crippen LogP contribution in [0.5, 0.6) is 11.5 Å². The molecule has 1 aromatic heterocycles. The largest absolute Gasteiger partial charge is 0.455 e. The van der Waals surface area contributed by atoms with Gasteiger partial charge in [-0.05, 0) is 75.9 Å². The highest BCUT2D eigenvalue weighted by atomic mass is 79.9. The number of nitrogens with zero attached hydrogens (tertiary/aromatic N) is 2. The number of fused-ring (bicyclic) bond motifs is 1. The molecule has 3 aromatic rings. The van der Waals surface area contributed by atoms with Gasteiger partial charge in [0.25, 0.3) is 0 Å². The highest BCUT2D eigenvalue weighted by molar-refractivity contribution is 9.11. The lowest BCUT2D eigenvalue weighted by atomic mass is 10.0. The quantitative estimate of drug-likeness (QED) is 0.366. The number of halogens is 2. The summed E-state index contributed by atoms with van der Waals surface area (Å²) in [5.41, 5.74) is 2.20. The molecule has 1 saturated carbocycles. The molecule has 1 fully saturated rings. The molecular formula is C22H24Br2N2O. The highest BCUT2D eigenvalue weighted by Gasteiger charge is 2.21. The van der Waals surface area contributed by atoms with Gasteiger partial charge in [0, 0.05) is 18.5 Å². The molecule has 0 radical (unpaired) electrons. The second-order valence-electron chi connectivity index (χ2n) is 7.65. The summed E-state index contributed by atoms with van der Waals surface area (Å²) in [7, 11) is 0. The van der Waals surface area contributed by atoms with Gasteiger partial charge < -0.3 is 9.30 Å². The molecule has 1 heterocycles. The van der Waals surface area contributed by atoms with Crippen LogP contribution in [0.15, 0.2) is 45.3 Å². The maximum absolute atomic E-state index is 6.19. The van der Waals surface area contributed by atoms with Crippen LogP contribution in [-0.2, 0) is 6.42 Å². The number of hydrogen-bond donors (Lipinski definition) is 0. The molecule has 1 aliphatic rings. The first-order chi connectivity index (χ1) is 13.0. The number of aromatic nitrogens is 2. The van der Waals surface area contributed by atoms with E-state index in [0.29, 0.717) is 6.04 Å². The summed E-state index contributed by atoms with van der Waals surface area (Å²) in [6, 6.07) is 12.5. The average Bonchev–Trinajstić information content (AvgIpc) is 3.25. The van der Waals surface area contributed by atoms with Crippen molar-refractivity contribution in [2.45, 2.75) is 52.0 Å². The van der Waals surface area contributed by atoms with Gasteiger partial charge in [-0.2, -0.15) is 0 Å². The van der Waals surface area contributed by atoms with E-state index in [0.717, 1.165) is 43.8 Å². The van der Waals surface area contributed by atoms with E-state index in [-0.39, 0.29) is 0 Å². The Kier molecular flexibility index (Phi) is 5.60. The van der Waals surface area contributed by atoms with E-state index in [1.165, 1.54) is 31.5 Å². The van der Waals surface area contributed by atoms with Crippen molar-refractivity contribution in [2.75, 3.05) is 0 Å². The number of benzene rings is 2. The minimum atomic E-state index is 0.372. The van der Waals surface area contributed by atoms with Crippen LogP contribution < -0.4 is 4.74 Å². The predicted molar refractivity (Wildman–Crippen MR) is 118 cm³/mol. The topological polar surface area (TPSA) is 27.1 Å². The van der Waals surface area contributed by atoms with Gasteiger partial charge in [0.1, 0.15) is 11.6 Å². The monoisotopic (exact) mass is 490 g/mol. The number of ether oxygens (including phenoxy) is 1. The molecule has 1 aliphatic carbocycles. The Labute approximate surface area is 177 Å². The van der Waals surface area contributed by atoms with Crippen LogP contribution in [0, 0.1) is 5.92 Å². The number of rotatable bonds is 5. The van der Waals surface area contributed by atoms with E-state index in [4.69, 9.17) is 9.72 Å². The zero-order valence-corrected chi connectivity index (χ0v) is 18.9. The third-order valence-electron chi connectivity index (χ3n) is 5.34. The Morgan fingerprint density at radius 1 is 1.11 bits per heavy atom. The second-order valence-corrected chi connectivity index (χ2v) is 9.36. The molecule has 27 heavy (non-hydrogen) atoms. The Morgan fingerprint density at radius 2 is 1.81 bits per heavy atom. The fourth-order valence-corrected chi connectivity index (χ4v) is 5.24. The molecule has 5 heteroatoms. The van der Waals surface area contributed by atoms with Crippen LogP contribution in [0.1, 0.15) is 51.4 Å². The molecular weight excluding hydrogens is 468 g/mol. The van der Waals surface area contributed by atoms with Gasteiger partial charge in [-0.3, -0.25) is 0 Å². The van der Waals surface area contributed by atoms with E-state index in [1.54, 1.807) is 0 Å². The van der Waals surface area contributed by atoms with E-state index in [9.17, 15) is 0 Å². The molecule has 4 rings (SSSR count). The van der Waals surface area contributed by atoms with Crippen molar-refractivity contribution in [2.24, 2.45) is 5.92 Å². The molecule has 0 unspecified atom stereocenters. The predicted octanol–water partition coefficient (Wildman–Crippen LogP) is 7.67. The molecule has 0 amide bonds. The standard InChI is InChI=1S/C22H24Br2N2O/c1-14(2)26-20-13-16(27-22-17(23)8-5-9-18(22)24)10-11-19(20)25-21(26)12-15-6-3-4-7-15/h5,8-11,13-15H,3-4,6-7,12H2,1-2H3. The van der Waals surface area contributed by atoms with Gasteiger partial charge in [-0.15, -0.1) is 0 Å². The summed E-state index contributed by atoms with van der Waals surface area (Å²) in [5.74, 6) is 3.61. The van der Waals surface area contributed by atoms with Crippen LogP contribution in [0.4, 0.5) is 0 Å². The fourth-order valence-electron chi connectivity index (χ4n) is 4.08. The van der Waals surface area contributed by atoms with Crippen LogP contribution in [0.3, 0.4) is 0 Å². The SMILES string of the molecule is CC(C)n1c(CC2CCCC2)nc2ccc(Oc3c(Br)cccc3Br)cc21. The van der Waals surface area contributed by atoms with E-state index < -0.39 is 0 Å². The third kappa shape index (κ3) is 3.95. The summed E-state index contributed by atoms with van der Waals surface area (Å²) in [6.07, 6.45) is 6.49. The van der Waals surface area contributed by atoms with Gasteiger partial charge in [0.15, 0.2) is 5.75 Å². The normalized spacial score (nSPS) is 15.1. The fraction of sp³-hybridized carbons (Fsp3) is 0.409. The molecule has 142 valence electrons. The first kappa shape index (κ1) is 19.0. The smallest absolute Gasteiger partial charge is 0.155 e. The van der Waals surface area contributed by atoms with Crippen molar-refractivity contribution in [3.05, 3.63) is 51.2 Å². The first-order valence-corrected chi connectivity index (χ1v) is 11.2. The van der Waals surface area contributed by atoms with Crippen LogP contribution in [0.25, 0.3) is 11.0 Å². The van der Waals surface area contributed by atoms with E-state index in [1.807, 2.05) is 24.3 Å². The van der Waals surface area contributed by atoms with Gasteiger partial charge >= 0.3 is 0 Å². The van der Waals surface area contributed by atoms with Crippen molar-refractivity contribution in [1.82, 2.24) is 9.55 Å². The molecule has 0 spiro atoms. The summed E-state index contributed by atoms with van der Waals surface area (Å²) in [4.78, 5) is 4.97. The lowest BCUT2D eigenvalue weighted by molar-refractivity contribution is 0.476. The van der Waals surface area contributed by atoms with Crippen molar-refractivity contribution in [1.29, 1.82) is 0 Å². The van der Waals surface area contributed by atoms with Crippen molar-refractivity contribution in [3.8, 4) is 11.5 Å². The molecule has 0 N–H and O–H groups in total. The van der Waals surface area contributed by atoms with Gasteiger partial charge in [-0.25, -0.2) is 4.98 Å². The molecule has 0 saturated heterocycles. The Balaban J connectivity index is 1.71. The lowest BCUT2D eigenvalue weighted by Crippen LogP contribution is -2.10. The van der Waals surface area contributed by atoms with Crippen LogP contribution in [-0.4, -0.2) is 9.55 Å². The zero-order valence-electron chi connectivity index (χ0n) is 15.7. The van der Waals surface area contributed by atoms with Gasteiger partial charge in [0.05, 0.1) is 20.0 Å². The first-order valence-electron chi connectivity index (χ1n) is 9.65. The van der Waals surface area contributed by atoms with Crippen molar-refractivity contribution < 1.29 is 4.74 Å². The lowest BCUT2D eigenvalue weighted by Gasteiger charge is -2.16. The molecule has 0 atom stereocenters. The number of para-hydroxylation sites is 1. The van der Waals surface area contributed by atoms with E-state index >= 15 is 0 Å². The van der Waals surface area contributed by atoms with Crippen molar-refractivity contribution in [3.63, 3.8) is 0 Å². The number of imidazole rings is 1. The average molecular weight is 492 g/mol. The molecule has 2 aromatic carbocycles. The summed E-state index contributed by atoms with van der Waals surface area (Å²) in [6.45, 7) is 4.47. The zero-order chi connectivity index (χ0) is 19.0. The third-order valence-corrected chi connectivity index (χ3v) is 6.58.